The normalized spacial score (nSPS) is 11.6. The number of nitrogens with one attached hydrogen (secondary N) is 2. The first-order chi connectivity index (χ1) is 12.8. The van der Waals surface area contributed by atoms with E-state index in [1.54, 1.807) is 24.3 Å². The van der Waals surface area contributed by atoms with Gasteiger partial charge in [-0.1, -0.05) is 35.0 Å². The van der Waals surface area contributed by atoms with Crippen molar-refractivity contribution in [1.82, 2.24) is 5.32 Å². The lowest BCUT2D eigenvalue weighted by Crippen LogP contribution is -2.33. The Morgan fingerprint density at radius 2 is 1.78 bits per heavy atom. The van der Waals surface area contributed by atoms with Crippen LogP contribution in [0.4, 0.5) is 5.69 Å². The highest BCUT2D eigenvalue weighted by Gasteiger charge is 2.15. The summed E-state index contributed by atoms with van der Waals surface area (Å²) in [7, 11) is 0. The molecule has 1 atom stereocenters. The number of carbonyl (C=O) groups excluding carboxylic acids is 2. The van der Waals surface area contributed by atoms with E-state index in [0.717, 1.165) is 22.0 Å². The van der Waals surface area contributed by atoms with Gasteiger partial charge in [0.05, 0.1) is 11.3 Å². The Hall–Kier alpha value is -2.34. The highest BCUT2D eigenvalue weighted by atomic mass is 79.9. The summed E-state index contributed by atoms with van der Waals surface area (Å²) in [5.41, 5.74) is 2.80. The molecule has 0 aliphatic rings. The van der Waals surface area contributed by atoms with Crippen molar-refractivity contribution in [3.8, 4) is 5.75 Å². The monoisotopic (exact) mass is 432 g/mol. The lowest BCUT2D eigenvalue weighted by Gasteiger charge is -2.15. The summed E-state index contributed by atoms with van der Waals surface area (Å²) in [6.07, 6.45) is 0.833. The van der Waals surface area contributed by atoms with E-state index in [2.05, 4.69) is 26.6 Å². The highest BCUT2D eigenvalue weighted by molar-refractivity contribution is 9.10. The molecule has 2 amide bonds. The molecular weight excluding hydrogens is 408 g/mol. The number of ether oxygens (including phenoxy) is 1. The van der Waals surface area contributed by atoms with Crippen LogP contribution >= 0.6 is 15.9 Å². The average molecular weight is 433 g/mol. The van der Waals surface area contributed by atoms with Gasteiger partial charge in [0.1, 0.15) is 5.75 Å². The first-order valence-corrected chi connectivity index (χ1v) is 9.70. The van der Waals surface area contributed by atoms with Crippen molar-refractivity contribution in [2.45, 2.75) is 40.2 Å². The van der Waals surface area contributed by atoms with Crippen LogP contribution in [-0.2, 0) is 4.79 Å². The summed E-state index contributed by atoms with van der Waals surface area (Å²) >= 11 is 3.44. The number of hydrogen-bond acceptors (Lipinski definition) is 3. The molecule has 0 fully saturated rings. The van der Waals surface area contributed by atoms with Crippen molar-refractivity contribution in [2.24, 2.45) is 0 Å². The van der Waals surface area contributed by atoms with Crippen LogP contribution in [0, 0.1) is 13.8 Å². The quantitative estimate of drug-likeness (QED) is 0.670. The van der Waals surface area contributed by atoms with Crippen molar-refractivity contribution in [2.75, 3.05) is 11.9 Å². The molecule has 2 aromatic carbocycles. The van der Waals surface area contributed by atoms with E-state index in [-0.39, 0.29) is 24.5 Å². The minimum Gasteiger partial charge on any atom is -0.483 e. The first kappa shape index (κ1) is 21.0. The van der Waals surface area contributed by atoms with Crippen LogP contribution in [0.1, 0.15) is 41.8 Å². The predicted octanol–water partition coefficient (Wildman–Crippen LogP) is 4.61. The lowest BCUT2D eigenvalue weighted by atomic mass is 10.1. The van der Waals surface area contributed by atoms with Gasteiger partial charge in [0.25, 0.3) is 11.8 Å². The Morgan fingerprint density at radius 1 is 1.15 bits per heavy atom. The first-order valence-electron chi connectivity index (χ1n) is 8.91. The lowest BCUT2D eigenvalue weighted by molar-refractivity contribution is -0.118. The summed E-state index contributed by atoms with van der Waals surface area (Å²) < 4.78 is 6.67. The van der Waals surface area contributed by atoms with Gasteiger partial charge in [-0.25, -0.2) is 0 Å². The Bertz CT molecular complexity index is 813. The second kappa shape index (κ2) is 9.55. The Labute approximate surface area is 168 Å². The number of benzene rings is 2. The Kier molecular flexibility index (Phi) is 7.42. The summed E-state index contributed by atoms with van der Waals surface area (Å²) in [4.78, 5) is 24.8. The second-order valence-electron chi connectivity index (χ2n) is 6.53. The molecule has 0 radical (unpaired) electrons. The van der Waals surface area contributed by atoms with E-state index < -0.39 is 0 Å². The van der Waals surface area contributed by atoms with Gasteiger partial charge in [-0.05, 0) is 62.6 Å². The third-order valence-corrected chi connectivity index (χ3v) is 4.67. The third-order valence-electron chi connectivity index (χ3n) is 4.21. The number of aryl methyl sites for hydroxylation is 2. The zero-order chi connectivity index (χ0) is 20.0. The van der Waals surface area contributed by atoms with Crippen LogP contribution in [0.5, 0.6) is 5.75 Å². The van der Waals surface area contributed by atoms with Gasteiger partial charge in [-0.2, -0.15) is 0 Å². The van der Waals surface area contributed by atoms with Crippen molar-refractivity contribution in [3.63, 3.8) is 0 Å². The molecule has 6 heteroatoms. The molecule has 0 spiro atoms. The van der Waals surface area contributed by atoms with Gasteiger partial charge in [0.2, 0.25) is 0 Å². The van der Waals surface area contributed by atoms with E-state index in [4.69, 9.17) is 4.74 Å². The highest BCUT2D eigenvalue weighted by Crippen LogP contribution is 2.27. The van der Waals surface area contributed by atoms with E-state index in [1.807, 2.05) is 39.8 Å². The summed E-state index contributed by atoms with van der Waals surface area (Å²) in [5.74, 6) is 0.164. The maximum Gasteiger partial charge on any atom is 0.262 e. The van der Waals surface area contributed by atoms with Gasteiger partial charge in [-0.3, -0.25) is 9.59 Å². The summed E-state index contributed by atoms with van der Waals surface area (Å²) in [6.45, 7) is 7.67. The average Bonchev–Trinajstić information content (AvgIpc) is 2.61. The largest absolute Gasteiger partial charge is 0.483 e. The number of carbonyl (C=O) groups is 2. The number of anilines is 1. The fourth-order valence-corrected chi connectivity index (χ4v) is 3.33. The molecule has 2 N–H and O–H groups in total. The Balaban J connectivity index is 2.05. The minimum atomic E-state index is -0.319. The van der Waals surface area contributed by atoms with Crippen molar-refractivity contribution < 1.29 is 14.3 Å². The molecule has 2 rings (SSSR count). The van der Waals surface area contributed by atoms with Crippen LogP contribution in [0.15, 0.2) is 40.9 Å². The fourth-order valence-electron chi connectivity index (χ4n) is 2.64. The van der Waals surface area contributed by atoms with Gasteiger partial charge in [-0.15, -0.1) is 0 Å². The van der Waals surface area contributed by atoms with Crippen molar-refractivity contribution in [3.05, 3.63) is 57.6 Å². The second-order valence-corrected chi connectivity index (χ2v) is 7.45. The molecule has 1 unspecified atom stereocenters. The van der Waals surface area contributed by atoms with E-state index in [9.17, 15) is 9.59 Å². The van der Waals surface area contributed by atoms with E-state index in [1.165, 1.54) is 0 Å². The molecule has 0 aromatic heterocycles. The number of hydrogen-bond donors (Lipinski definition) is 2. The number of rotatable bonds is 7. The smallest absolute Gasteiger partial charge is 0.262 e. The molecule has 5 nitrogen and oxygen atoms in total. The summed E-state index contributed by atoms with van der Waals surface area (Å²) in [5, 5.41) is 5.68. The molecule has 0 heterocycles. The van der Waals surface area contributed by atoms with E-state index >= 15 is 0 Å². The van der Waals surface area contributed by atoms with Crippen molar-refractivity contribution >= 4 is 33.4 Å². The van der Waals surface area contributed by atoms with Gasteiger partial charge in [0, 0.05) is 10.5 Å². The maximum absolute atomic E-state index is 12.4. The van der Waals surface area contributed by atoms with Crippen LogP contribution in [0.3, 0.4) is 0 Å². The topological polar surface area (TPSA) is 67.4 Å². The van der Waals surface area contributed by atoms with Gasteiger partial charge in [0.15, 0.2) is 6.61 Å². The Morgan fingerprint density at radius 3 is 2.41 bits per heavy atom. The number of para-hydroxylation sites is 1. The predicted molar refractivity (Wildman–Crippen MR) is 111 cm³/mol. The molecule has 0 aliphatic carbocycles. The summed E-state index contributed by atoms with van der Waals surface area (Å²) in [6, 6.07) is 10.9. The molecular formula is C21H25BrN2O3. The molecule has 27 heavy (non-hydrogen) atoms. The number of amides is 2. The van der Waals surface area contributed by atoms with Crippen LogP contribution in [-0.4, -0.2) is 24.5 Å². The standard InChI is InChI=1S/C21H25BrN2O3/c1-5-15(4)23-21(26)17-8-6-7-9-18(17)24-19(25)12-27-20-13(2)10-16(22)11-14(20)3/h6-11,15H,5,12H2,1-4H3,(H,23,26)(H,24,25). The maximum atomic E-state index is 12.4. The molecule has 0 bridgehead atoms. The minimum absolute atomic E-state index is 0.0629. The third kappa shape index (κ3) is 5.82. The fraction of sp³-hybridized carbons (Fsp3) is 0.333. The zero-order valence-corrected chi connectivity index (χ0v) is 17.6. The van der Waals surface area contributed by atoms with Gasteiger partial charge >= 0.3 is 0 Å². The van der Waals surface area contributed by atoms with Crippen LogP contribution in [0.2, 0.25) is 0 Å². The molecule has 0 saturated carbocycles. The molecule has 2 aromatic rings. The van der Waals surface area contributed by atoms with Crippen LogP contribution < -0.4 is 15.4 Å². The van der Waals surface area contributed by atoms with Crippen LogP contribution in [0.25, 0.3) is 0 Å². The van der Waals surface area contributed by atoms with Gasteiger partial charge < -0.3 is 15.4 Å². The number of halogens is 1. The SMILES string of the molecule is CCC(C)NC(=O)c1ccccc1NC(=O)COc1c(C)cc(Br)cc1C. The molecule has 0 aliphatic heterocycles. The van der Waals surface area contributed by atoms with E-state index in [0.29, 0.717) is 17.0 Å². The molecule has 144 valence electrons. The zero-order valence-electron chi connectivity index (χ0n) is 16.1. The van der Waals surface area contributed by atoms with Crippen molar-refractivity contribution in [1.29, 1.82) is 0 Å². The molecule has 0 saturated heterocycles.